The maximum atomic E-state index is 6.14. The van der Waals surface area contributed by atoms with Crippen LogP contribution >= 0.6 is 22.9 Å². The van der Waals surface area contributed by atoms with E-state index in [1.165, 1.54) is 36.1 Å². The fourth-order valence-corrected chi connectivity index (χ4v) is 3.76. The number of thiophene rings is 1. The summed E-state index contributed by atoms with van der Waals surface area (Å²) in [5.74, 6) is 0. The molecule has 0 unspecified atom stereocenters. The minimum absolute atomic E-state index is 0.624. The average Bonchev–Trinajstić information content (AvgIpc) is 2.43. The molecule has 0 saturated heterocycles. The van der Waals surface area contributed by atoms with Gasteiger partial charge < -0.3 is 0 Å². The van der Waals surface area contributed by atoms with E-state index in [4.69, 9.17) is 11.6 Å². The fraction of sp³-hybridized carbons (Fsp3) is 0.455. The van der Waals surface area contributed by atoms with Crippen molar-refractivity contribution in [2.75, 3.05) is 0 Å². The molecular weight excluding hydrogens is 228 g/mol. The quantitative estimate of drug-likeness (QED) is 0.518. The summed E-state index contributed by atoms with van der Waals surface area (Å²) in [4.78, 5) is 10.9. The van der Waals surface area contributed by atoms with Crippen molar-refractivity contribution >= 4 is 33.2 Å². The Labute approximate surface area is 97.3 Å². The molecule has 3 rings (SSSR count). The number of halogens is 1. The molecule has 0 spiro atoms. The lowest BCUT2D eigenvalue weighted by Crippen LogP contribution is -1.86. The minimum atomic E-state index is 0.624. The van der Waals surface area contributed by atoms with Gasteiger partial charge in [-0.3, -0.25) is 0 Å². The molecule has 0 aromatic carbocycles. The molecule has 78 valence electrons. The van der Waals surface area contributed by atoms with Crippen LogP contribution in [-0.2, 0) is 12.8 Å². The molecule has 0 N–H and O–H groups in total. The first-order valence-corrected chi connectivity index (χ1v) is 6.46. The van der Waals surface area contributed by atoms with E-state index < -0.39 is 0 Å². The summed E-state index contributed by atoms with van der Waals surface area (Å²) in [6, 6.07) is 0. The zero-order valence-corrected chi connectivity index (χ0v) is 9.87. The second kappa shape index (κ2) is 3.72. The SMILES string of the molecule is Clc1ncnc2sc3c(c12)CCCCC3. The van der Waals surface area contributed by atoms with Gasteiger partial charge in [0.25, 0.3) is 0 Å². The highest BCUT2D eigenvalue weighted by Crippen LogP contribution is 2.36. The molecular formula is C11H11ClN2S. The largest absolute Gasteiger partial charge is 0.225 e. The molecule has 4 heteroatoms. The molecule has 0 fully saturated rings. The highest BCUT2D eigenvalue weighted by molar-refractivity contribution is 7.18. The Morgan fingerprint density at radius 1 is 1.13 bits per heavy atom. The van der Waals surface area contributed by atoms with Crippen LogP contribution in [0.4, 0.5) is 0 Å². The van der Waals surface area contributed by atoms with E-state index in [0.29, 0.717) is 5.15 Å². The molecule has 15 heavy (non-hydrogen) atoms. The van der Waals surface area contributed by atoms with Crippen LogP contribution < -0.4 is 0 Å². The standard InChI is InChI=1S/C11H11ClN2S/c12-10-9-7-4-2-1-3-5-8(7)15-11(9)14-6-13-10/h6H,1-5H2. The summed E-state index contributed by atoms with van der Waals surface area (Å²) in [5.41, 5.74) is 1.41. The molecule has 0 amide bonds. The highest BCUT2D eigenvalue weighted by atomic mass is 35.5. The van der Waals surface area contributed by atoms with Gasteiger partial charge >= 0.3 is 0 Å². The number of nitrogens with zero attached hydrogens (tertiary/aromatic N) is 2. The summed E-state index contributed by atoms with van der Waals surface area (Å²) in [5, 5.41) is 1.74. The molecule has 2 heterocycles. The third-order valence-electron chi connectivity index (χ3n) is 2.96. The Morgan fingerprint density at radius 2 is 2.00 bits per heavy atom. The first-order chi connectivity index (χ1) is 7.36. The van der Waals surface area contributed by atoms with Gasteiger partial charge in [-0.15, -0.1) is 11.3 Å². The van der Waals surface area contributed by atoms with Gasteiger partial charge in [-0.2, -0.15) is 0 Å². The van der Waals surface area contributed by atoms with Gasteiger partial charge in [-0.05, 0) is 31.2 Å². The van der Waals surface area contributed by atoms with E-state index in [9.17, 15) is 0 Å². The summed E-state index contributed by atoms with van der Waals surface area (Å²) >= 11 is 7.94. The van der Waals surface area contributed by atoms with E-state index in [0.717, 1.165) is 16.6 Å². The first-order valence-electron chi connectivity index (χ1n) is 5.27. The highest BCUT2D eigenvalue weighted by Gasteiger charge is 2.17. The summed E-state index contributed by atoms with van der Waals surface area (Å²) in [7, 11) is 0. The van der Waals surface area contributed by atoms with Crippen molar-refractivity contribution in [3.05, 3.63) is 21.9 Å². The molecule has 0 radical (unpaired) electrons. The monoisotopic (exact) mass is 238 g/mol. The normalized spacial score (nSPS) is 16.3. The molecule has 0 bridgehead atoms. The molecule has 1 aliphatic rings. The van der Waals surface area contributed by atoms with Crippen molar-refractivity contribution in [1.82, 2.24) is 9.97 Å². The Bertz CT molecular complexity index is 507. The molecule has 0 saturated carbocycles. The maximum absolute atomic E-state index is 6.14. The fourth-order valence-electron chi connectivity index (χ4n) is 2.23. The van der Waals surface area contributed by atoms with Gasteiger partial charge in [0, 0.05) is 4.88 Å². The van der Waals surface area contributed by atoms with Crippen LogP contribution in [-0.4, -0.2) is 9.97 Å². The van der Waals surface area contributed by atoms with Gasteiger partial charge in [0.1, 0.15) is 16.3 Å². The topological polar surface area (TPSA) is 25.8 Å². The number of hydrogen-bond acceptors (Lipinski definition) is 3. The van der Waals surface area contributed by atoms with Crippen LogP contribution in [0.5, 0.6) is 0 Å². The zero-order chi connectivity index (χ0) is 10.3. The van der Waals surface area contributed by atoms with Gasteiger partial charge in [0.15, 0.2) is 0 Å². The van der Waals surface area contributed by atoms with E-state index in [-0.39, 0.29) is 0 Å². The third-order valence-corrected chi connectivity index (χ3v) is 4.44. The van der Waals surface area contributed by atoms with E-state index in [1.54, 1.807) is 17.7 Å². The lowest BCUT2D eigenvalue weighted by molar-refractivity contribution is 0.713. The van der Waals surface area contributed by atoms with Crippen molar-refractivity contribution < 1.29 is 0 Å². The smallest absolute Gasteiger partial charge is 0.141 e. The molecule has 1 aliphatic carbocycles. The van der Waals surface area contributed by atoms with Crippen molar-refractivity contribution in [3.63, 3.8) is 0 Å². The van der Waals surface area contributed by atoms with Crippen LogP contribution in [0.15, 0.2) is 6.33 Å². The Balaban J connectivity index is 2.29. The van der Waals surface area contributed by atoms with Crippen LogP contribution in [0.2, 0.25) is 5.15 Å². The van der Waals surface area contributed by atoms with E-state index >= 15 is 0 Å². The van der Waals surface area contributed by atoms with Crippen LogP contribution in [0.25, 0.3) is 10.2 Å². The number of rotatable bonds is 0. The van der Waals surface area contributed by atoms with Gasteiger partial charge in [-0.25, -0.2) is 9.97 Å². The Morgan fingerprint density at radius 3 is 2.93 bits per heavy atom. The summed E-state index contributed by atoms with van der Waals surface area (Å²) in [6.45, 7) is 0. The zero-order valence-electron chi connectivity index (χ0n) is 8.29. The Kier molecular flexibility index (Phi) is 2.37. The molecule has 0 atom stereocenters. The van der Waals surface area contributed by atoms with Crippen molar-refractivity contribution in [2.24, 2.45) is 0 Å². The van der Waals surface area contributed by atoms with Crippen LogP contribution in [0, 0.1) is 0 Å². The minimum Gasteiger partial charge on any atom is -0.225 e. The van der Waals surface area contributed by atoms with Crippen LogP contribution in [0.3, 0.4) is 0 Å². The first kappa shape index (κ1) is 9.55. The number of aryl methyl sites for hydroxylation is 2. The summed E-state index contributed by atoms with van der Waals surface area (Å²) < 4.78 is 0. The van der Waals surface area contributed by atoms with E-state index in [2.05, 4.69) is 9.97 Å². The van der Waals surface area contributed by atoms with Crippen molar-refractivity contribution in [2.45, 2.75) is 32.1 Å². The lowest BCUT2D eigenvalue weighted by Gasteiger charge is -1.98. The number of hydrogen-bond donors (Lipinski definition) is 0. The lowest BCUT2D eigenvalue weighted by atomic mass is 10.1. The predicted molar refractivity (Wildman–Crippen MR) is 63.7 cm³/mol. The molecule has 2 aromatic heterocycles. The second-order valence-corrected chi connectivity index (χ2v) is 5.35. The van der Waals surface area contributed by atoms with Crippen LogP contribution in [0.1, 0.15) is 29.7 Å². The predicted octanol–water partition coefficient (Wildman–Crippen LogP) is 3.61. The van der Waals surface area contributed by atoms with Gasteiger partial charge in [0.05, 0.1) is 5.39 Å². The van der Waals surface area contributed by atoms with Crippen molar-refractivity contribution in [3.8, 4) is 0 Å². The number of fused-ring (bicyclic) bond motifs is 3. The maximum Gasteiger partial charge on any atom is 0.141 e. The van der Waals surface area contributed by atoms with Gasteiger partial charge in [0.2, 0.25) is 0 Å². The van der Waals surface area contributed by atoms with E-state index in [1.807, 2.05) is 0 Å². The molecule has 2 aromatic rings. The third kappa shape index (κ3) is 1.54. The average molecular weight is 239 g/mol. The van der Waals surface area contributed by atoms with Gasteiger partial charge in [-0.1, -0.05) is 18.0 Å². The molecule has 0 aliphatic heterocycles. The number of aromatic nitrogens is 2. The Hall–Kier alpha value is -0.670. The van der Waals surface area contributed by atoms with Crippen molar-refractivity contribution in [1.29, 1.82) is 0 Å². The molecule has 2 nitrogen and oxygen atoms in total. The second-order valence-electron chi connectivity index (χ2n) is 3.91. The summed E-state index contributed by atoms with van der Waals surface area (Å²) in [6.07, 6.45) is 7.78.